The summed E-state index contributed by atoms with van der Waals surface area (Å²) in [7, 11) is 0. The zero-order valence-electron chi connectivity index (χ0n) is 17.5. The third kappa shape index (κ3) is 4.99. The molecule has 30 heavy (non-hydrogen) atoms. The van der Waals surface area contributed by atoms with Crippen LogP contribution in [-0.2, 0) is 4.79 Å². The fourth-order valence-electron chi connectivity index (χ4n) is 5.00. The summed E-state index contributed by atoms with van der Waals surface area (Å²) in [5.41, 5.74) is 0.327. The summed E-state index contributed by atoms with van der Waals surface area (Å²) in [5.74, 6) is 0.286. The zero-order chi connectivity index (χ0) is 20.9. The second-order valence-electron chi connectivity index (χ2n) is 8.70. The summed E-state index contributed by atoms with van der Waals surface area (Å²) >= 11 is 1.72. The highest BCUT2D eigenvalue weighted by molar-refractivity contribution is 8.00. The smallest absolute Gasteiger partial charge is 0.255 e. The van der Waals surface area contributed by atoms with E-state index in [-0.39, 0.29) is 17.2 Å². The van der Waals surface area contributed by atoms with Crippen LogP contribution < -0.4 is 5.32 Å². The molecule has 5 nitrogen and oxygen atoms in total. The standard InChI is InChI=1S/C23H32FN3O2S/c24-19-10-6-9-18(15-19)22(29)27-20(16-30-23(27)17-7-2-1-3-8-17)21(28)25-11-14-26-12-4-5-13-26/h6,9-10,15,17,20,23H,1-5,7-8,11-14,16H2,(H,25,28)/t20-,23+/m0/s1. The van der Waals surface area contributed by atoms with Crippen LogP contribution in [0.1, 0.15) is 55.3 Å². The Bertz CT molecular complexity index is 750. The van der Waals surface area contributed by atoms with E-state index in [0.29, 0.717) is 23.8 Å². The van der Waals surface area contributed by atoms with Crippen molar-refractivity contribution in [1.82, 2.24) is 15.1 Å². The lowest BCUT2D eigenvalue weighted by Crippen LogP contribution is -2.52. The topological polar surface area (TPSA) is 52.7 Å². The Labute approximate surface area is 182 Å². The Morgan fingerprint density at radius 1 is 1.10 bits per heavy atom. The summed E-state index contributed by atoms with van der Waals surface area (Å²) in [4.78, 5) is 30.6. The van der Waals surface area contributed by atoms with Gasteiger partial charge < -0.3 is 15.1 Å². The first-order chi connectivity index (χ1) is 14.6. The molecule has 0 unspecified atom stereocenters. The van der Waals surface area contributed by atoms with E-state index in [0.717, 1.165) is 32.5 Å². The van der Waals surface area contributed by atoms with Gasteiger partial charge in [0.15, 0.2) is 0 Å². The molecule has 2 amide bonds. The molecular formula is C23H32FN3O2S. The minimum Gasteiger partial charge on any atom is -0.353 e. The first kappa shape index (κ1) is 21.6. The Kier molecular flexibility index (Phi) is 7.31. The van der Waals surface area contributed by atoms with Gasteiger partial charge in [-0.15, -0.1) is 11.8 Å². The molecule has 3 aliphatic rings. The summed E-state index contributed by atoms with van der Waals surface area (Å²) in [5, 5.41) is 3.06. The van der Waals surface area contributed by atoms with E-state index in [1.165, 1.54) is 44.2 Å². The van der Waals surface area contributed by atoms with E-state index in [9.17, 15) is 14.0 Å². The first-order valence-corrected chi connectivity index (χ1v) is 12.4. The van der Waals surface area contributed by atoms with Gasteiger partial charge in [0.05, 0.1) is 5.37 Å². The normalized spacial score (nSPS) is 25.6. The molecule has 0 spiro atoms. The predicted molar refractivity (Wildman–Crippen MR) is 118 cm³/mol. The third-order valence-electron chi connectivity index (χ3n) is 6.62. The highest BCUT2D eigenvalue weighted by Crippen LogP contribution is 2.41. The number of nitrogens with one attached hydrogen (secondary N) is 1. The number of hydrogen-bond acceptors (Lipinski definition) is 4. The first-order valence-electron chi connectivity index (χ1n) is 11.3. The lowest BCUT2D eigenvalue weighted by Gasteiger charge is -2.35. The number of nitrogens with zero attached hydrogens (tertiary/aromatic N) is 2. The van der Waals surface area contributed by atoms with Gasteiger partial charge in [-0.25, -0.2) is 4.39 Å². The fourth-order valence-corrected chi connectivity index (χ4v) is 6.64. The molecule has 0 bridgehead atoms. The van der Waals surface area contributed by atoms with Crippen LogP contribution in [-0.4, -0.2) is 65.0 Å². The van der Waals surface area contributed by atoms with Crippen molar-refractivity contribution in [1.29, 1.82) is 0 Å². The van der Waals surface area contributed by atoms with Gasteiger partial charge in [-0.05, 0) is 62.9 Å². The summed E-state index contributed by atoms with van der Waals surface area (Å²) < 4.78 is 13.8. The van der Waals surface area contributed by atoms with Crippen molar-refractivity contribution in [3.63, 3.8) is 0 Å². The number of benzene rings is 1. The van der Waals surface area contributed by atoms with E-state index in [2.05, 4.69) is 10.2 Å². The monoisotopic (exact) mass is 433 g/mol. The molecule has 2 saturated heterocycles. The molecule has 1 aromatic rings. The number of thioether (sulfide) groups is 1. The highest BCUT2D eigenvalue weighted by Gasteiger charge is 2.45. The average Bonchev–Trinajstić information content (AvgIpc) is 3.44. The SMILES string of the molecule is O=C(NCCN1CCCC1)[C@@H]1CS[C@H](C2CCCCC2)N1C(=O)c1cccc(F)c1. The van der Waals surface area contributed by atoms with Gasteiger partial charge >= 0.3 is 0 Å². The molecule has 1 aliphatic carbocycles. The van der Waals surface area contributed by atoms with Crippen LogP contribution in [0.15, 0.2) is 24.3 Å². The lowest BCUT2D eigenvalue weighted by molar-refractivity contribution is -0.125. The van der Waals surface area contributed by atoms with Crippen LogP contribution >= 0.6 is 11.8 Å². The van der Waals surface area contributed by atoms with Crippen LogP contribution in [0.3, 0.4) is 0 Å². The molecule has 2 atom stereocenters. The molecule has 1 saturated carbocycles. The molecule has 164 valence electrons. The molecular weight excluding hydrogens is 401 g/mol. The maximum atomic E-state index is 13.8. The Hall–Kier alpha value is -1.60. The average molecular weight is 434 g/mol. The molecule has 3 fully saturated rings. The van der Waals surface area contributed by atoms with E-state index >= 15 is 0 Å². The van der Waals surface area contributed by atoms with Crippen LogP contribution in [0.2, 0.25) is 0 Å². The van der Waals surface area contributed by atoms with Crippen molar-refractivity contribution < 1.29 is 14.0 Å². The van der Waals surface area contributed by atoms with E-state index < -0.39 is 11.9 Å². The minimum absolute atomic E-state index is 0.00426. The van der Waals surface area contributed by atoms with Crippen molar-refractivity contribution in [3.8, 4) is 0 Å². The van der Waals surface area contributed by atoms with Gasteiger partial charge in [-0.1, -0.05) is 25.3 Å². The van der Waals surface area contributed by atoms with Gasteiger partial charge in [0.25, 0.3) is 5.91 Å². The second-order valence-corrected chi connectivity index (χ2v) is 9.85. The van der Waals surface area contributed by atoms with Gasteiger partial charge in [-0.2, -0.15) is 0 Å². The van der Waals surface area contributed by atoms with Crippen molar-refractivity contribution in [2.24, 2.45) is 5.92 Å². The van der Waals surface area contributed by atoms with Crippen molar-refractivity contribution >= 4 is 23.6 Å². The molecule has 1 N–H and O–H groups in total. The van der Waals surface area contributed by atoms with E-state index in [1.807, 2.05) is 0 Å². The maximum absolute atomic E-state index is 13.8. The number of hydrogen-bond donors (Lipinski definition) is 1. The number of rotatable bonds is 6. The third-order valence-corrected chi connectivity index (χ3v) is 8.08. The Morgan fingerprint density at radius 3 is 2.60 bits per heavy atom. The van der Waals surface area contributed by atoms with Crippen LogP contribution in [0.25, 0.3) is 0 Å². The van der Waals surface area contributed by atoms with Gasteiger partial charge in [0, 0.05) is 24.4 Å². The summed E-state index contributed by atoms with van der Waals surface area (Å²) in [6.45, 7) is 3.66. The van der Waals surface area contributed by atoms with Gasteiger partial charge in [0.1, 0.15) is 11.9 Å². The van der Waals surface area contributed by atoms with Crippen LogP contribution in [0.4, 0.5) is 4.39 Å². The quantitative estimate of drug-likeness (QED) is 0.746. The fraction of sp³-hybridized carbons (Fsp3) is 0.652. The molecule has 2 heterocycles. The van der Waals surface area contributed by atoms with Crippen molar-refractivity contribution in [2.45, 2.75) is 56.4 Å². The van der Waals surface area contributed by atoms with E-state index in [1.54, 1.807) is 28.8 Å². The van der Waals surface area contributed by atoms with Gasteiger partial charge in [0.2, 0.25) is 5.91 Å². The van der Waals surface area contributed by atoms with Crippen LogP contribution in [0, 0.1) is 11.7 Å². The minimum atomic E-state index is -0.490. The van der Waals surface area contributed by atoms with Gasteiger partial charge in [-0.3, -0.25) is 9.59 Å². The Balaban J connectivity index is 1.47. The summed E-state index contributed by atoms with van der Waals surface area (Å²) in [6, 6.07) is 5.35. The lowest BCUT2D eigenvalue weighted by atomic mass is 9.88. The number of amides is 2. The predicted octanol–water partition coefficient (Wildman–Crippen LogP) is 3.50. The molecule has 0 aromatic heterocycles. The molecule has 1 aromatic carbocycles. The second kappa shape index (κ2) is 10.1. The van der Waals surface area contributed by atoms with Crippen LogP contribution in [0.5, 0.6) is 0 Å². The number of likely N-dealkylation sites (tertiary alicyclic amines) is 1. The zero-order valence-corrected chi connectivity index (χ0v) is 18.3. The largest absolute Gasteiger partial charge is 0.353 e. The van der Waals surface area contributed by atoms with E-state index in [4.69, 9.17) is 0 Å². The molecule has 0 radical (unpaired) electrons. The number of carbonyl (C=O) groups excluding carboxylic acids is 2. The molecule has 7 heteroatoms. The molecule has 2 aliphatic heterocycles. The molecule has 4 rings (SSSR count). The van der Waals surface area contributed by atoms with Crippen molar-refractivity contribution in [3.05, 3.63) is 35.6 Å². The number of halogens is 1. The highest BCUT2D eigenvalue weighted by atomic mass is 32.2. The summed E-state index contributed by atoms with van der Waals surface area (Å²) in [6.07, 6.45) is 8.24. The number of carbonyl (C=O) groups is 2. The maximum Gasteiger partial charge on any atom is 0.255 e. The van der Waals surface area contributed by atoms with Crippen molar-refractivity contribution in [2.75, 3.05) is 31.9 Å². The Morgan fingerprint density at radius 2 is 1.87 bits per heavy atom.